The fourth-order valence-corrected chi connectivity index (χ4v) is 4.15. The minimum absolute atomic E-state index is 0.446. The first-order valence-corrected chi connectivity index (χ1v) is 16.8. The molecule has 14 N–H and O–H groups in total. The van der Waals surface area contributed by atoms with Crippen LogP contribution in [0.5, 0.6) is 0 Å². The van der Waals surface area contributed by atoms with E-state index in [-0.39, 0.29) is 0 Å². The Labute approximate surface area is 276 Å². The van der Waals surface area contributed by atoms with E-state index >= 15 is 0 Å². The van der Waals surface area contributed by atoms with Gasteiger partial charge < -0.3 is 67.2 Å². The molecule has 0 saturated heterocycles. The lowest BCUT2D eigenvalue weighted by molar-refractivity contribution is -0.140. The number of carboxylic acid groups (broad SMARTS) is 3. The maximum absolute atomic E-state index is 13.2. The van der Waals surface area contributed by atoms with Gasteiger partial charge in [-0.2, -0.15) is 0 Å². The van der Waals surface area contributed by atoms with Gasteiger partial charge in [-0.1, -0.05) is 0 Å². The SMILES string of the molecule is CNC(=O)[C@H](CCC(=O)O)NC(=O)[C@H](CCC(=O)O)NC(=O)[C@H](COP(=O)(O)O)NC(=O)[C@H](COP(=O)(O)O)NC(=O)[C@@H](N)CCC(=O)O. The molecule has 0 aromatic carbocycles. The summed E-state index contributed by atoms with van der Waals surface area (Å²) < 4.78 is 31.1. The van der Waals surface area contributed by atoms with Gasteiger partial charge in [0.05, 0.1) is 19.3 Å². The van der Waals surface area contributed by atoms with Crippen LogP contribution >= 0.6 is 15.6 Å². The van der Waals surface area contributed by atoms with Crippen LogP contribution in [0, 0.1) is 0 Å². The van der Waals surface area contributed by atoms with E-state index in [1.807, 2.05) is 16.0 Å². The Balaban J connectivity index is 6.32. The van der Waals surface area contributed by atoms with Crippen molar-refractivity contribution < 1.29 is 91.4 Å². The first-order chi connectivity index (χ1) is 22.4. The predicted octanol–water partition coefficient (Wildman–Crippen LogP) is -5.19. The zero-order valence-corrected chi connectivity index (χ0v) is 27.3. The highest BCUT2D eigenvalue weighted by atomic mass is 31.2. The third kappa shape index (κ3) is 20.8. The highest BCUT2D eigenvalue weighted by Gasteiger charge is 2.34. The fourth-order valence-electron chi connectivity index (χ4n) is 3.46. The molecule has 5 atom stereocenters. The van der Waals surface area contributed by atoms with Crippen molar-refractivity contribution in [3.05, 3.63) is 0 Å². The van der Waals surface area contributed by atoms with Gasteiger partial charge in [0.15, 0.2) is 0 Å². The second-order valence-corrected chi connectivity index (χ2v) is 12.3. The van der Waals surface area contributed by atoms with E-state index in [1.54, 1.807) is 0 Å². The maximum Gasteiger partial charge on any atom is 0.469 e. The van der Waals surface area contributed by atoms with Crippen molar-refractivity contribution in [2.45, 2.75) is 68.7 Å². The number of aliphatic carboxylic acids is 3. The molecule has 0 bridgehead atoms. The molecule has 0 aliphatic carbocycles. The molecule has 49 heavy (non-hydrogen) atoms. The summed E-state index contributed by atoms with van der Waals surface area (Å²) >= 11 is 0. The van der Waals surface area contributed by atoms with Gasteiger partial charge in [0.25, 0.3) is 0 Å². The Morgan fingerprint density at radius 1 is 0.551 bits per heavy atom. The van der Waals surface area contributed by atoms with Crippen LogP contribution in [0.2, 0.25) is 0 Å². The van der Waals surface area contributed by atoms with Crippen molar-refractivity contribution in [1.29, 1.82) is 0 Å². The number of amides is 5. The van der Waals surface area contributed by atoms with Crippen LogP contribution in [0.1, 0.15) is 38.5 Å². The molecule has 280 valence electrons. The smallest absolute Gasteiger partial charge is 0.469 e. The number of hydrogen-bond acceptors (Lipinski definition) is 13. The van der Waals surface area contributed by atoms with Gasteiger partial charge in [-0.3, -0.25) is 47.4 Å². The number of rotatable bonds is 24. The van der Waals surface area contributed by atoms with Crippen molar-refractivity contribution in [2.24, 2.45) is 5.73 Å². The van der Waals surface area contributed by atoms with Crippen molar-refractivity contribution >= 4 is 63.1 Å². The van der Waals surface area contributed by atoms with Crippen LogP contribution in [-0.4, -0.2) is 133 Å². The Morgan fingerprint density at radius 3 is 1.20 bits per heavy atom. The second-order valence-electron chi connectivity index (χ2n) is 9.84. The minimum atomic E-state index is -5.38. The zero-order chi connectivity index (χ0) is 38.1. The predicted molar refractivity (Wildman–Crippen MR) is 156 cm³/mol. The van der Waals surface area contributed by atoms with E-state index in [1.165, 1.54) is 0 Å². The monoisotopic (exact) mass is 752 g/mol. The number of hydrogen-bond donors (Lipinski definition) is 13. The van der Waals surface area contributed by atoms with Gasteiger partial charge in [-0.25, -0.2) is 9.13 Å². The quantitative estimate of drug-likeness (QED) is 0.0410. The van der Waals surface area contributed by atoms with E-state index in [9.17, 15) is 47.5 Å². The largest absolute Gasteiger partial charge is 0.481 e. The molecule has 0 fully saturated rings. The number of carboxylic acids is 3. The minimum Gasteiger partial charge on any atom is -0.481 e. The lowest BCUT2D eigenvalue weighted by Crippen LogP contribution is -2.60. The molecular formula is C22H38N6O19P2. The van der Waals surface area contributed by atoms with Crippen molar-refractivity contribution in [3.8, 4) is 0 Å². The third-order valence-corrected chi connectivity index (χ3v) is 6.87. The van der Waals surface area contributed by atoms with Crippen molar-refractivity contribution in [1.82, 2.24) is 26.6 Å². The molecule has 0 aromatic heterocycles. The Bertz CT molecular complexity index is 1320. The number of phosphoric ester groups is 2. The summed E-state index contributed by atoms with van der Waals surface area (Å²) in [4.78, 5) is 133. The average Bonchev–Trinajstić information content (AvgIpc) is 2.97. The molecule has 27 heteroatoms. The number of nitrogens with one attached hydrogen (secondary N) is 5. The molecule has 0 spiro atoms. The van der Waals surface area contributed by atoms with E-state index in [4.69, 9.17) is 40.6 Å². The van der Waals surface area contributed by atoms with Crippen LogP contribution in [0.15, 0.2) is 0 Å². The van der Waals surface area contributed by atoms with E-state index in [0.717, 1.165) is 7.05 Å². The first-order valence-electron chi connectivity index (χ1n) is 13.7. The zero-order valence-electron chi connectivity index (χ0n) is 25.5. The van der Waals surface area contributed by atoms with E-state index in [2.05, 4.69) is 19.7 Å². The molecule has 0 aliphatic rings. The van der Waals surface area contributed by atoms with Gasteiger partial charge in [-0.05, 0) is 19.3 Å². The summed E-state index contributed by atoms with van der Waals surface area (Å²) in [5, 5.41) is 36.9. The van der Waals surface area contributed by atoms with Crippen LogP contribution in [0.25, 0.3) is 0 Å². The molecule has 0 radical (unpaired) electrons. The van der Waals surface area contributed by atoms with E-state index in [0.29, 0.717) is 0 Å². The lowest BCUT2D eigenvalue weighted by Gasteiger charge is -2.26. The third-order valence-electron chi connectivity index (χ3n) is 5.90. The van der Waals surface area contributed by atoms with Gasteiger partial charge in [-0.15, -0.1) is 0 Å². The molecule has 0 rings (SSSR count). The van der Waals surface area contributed by atoms with Crippen LogP contribution < -0.4 is 32.3 Å². The molecule has 0 aliphatic heterocycles. The van der Waals surface area contributed by atoms with Crippen LogP contribution in [-0.2, 0) is 56.5 Å². The second kappa shape index (κ2) is 21.1. The Hall–Kier alpha value is -4.06. The summed E-state index contributed by atoms with van der Waals surface area (Å²) in [6.45, 7) is -2.67. The summed E-state index contributed by atoms with van der Waals surface area (Å²) in [7, 11) is -9.55. The normalized spacial score (nSPS) is 14.6. The number of nitrogens with two attached hydrogens (primary N) is 1. The Morgan fingerprint density at radius 2 is 0.857 bits per heavy atom. The van der Waals surface area contributed by atoms with Crippen molar-refractivity contribution in [2.75, 3.05) is 20.3 Å². The van der Waals surface area contributed by atoms with Gasteiger partial charge in [0, 0.05) is 26.3 Å². The fraction of sp³-hybridized carbons (Fsp3) is 0.636. The van der Waals surface area contributed by atoms with Crippen molar-refractivity contribution in [3.63, 3.8) is 0 Å². The number of likely N-dealkylation sites (N-methyl/N-ethyl adjacent to an activating group) is 1. The maximum atomic E-state index is 13.2. The van der Waals surface area contributed by atoms with Gasteiger partial charge in [0.1, 0.15) is 24.2 Å². The van der Waals surface area contributed by atoms with Crippen LogP contribution in [0.4, 0.5) is 0 Å². The highest BCUT2D eigenvalue weighted by molar-refractivity contribution is 7.46. The summed E-state index contributed by atoms with van der Waals surface area (Å²) in [5.74, 6) is -10.5. The first kappa shape index (κ1) is 44.9. The summed E-state index contributed by atoms with van der Waals surface area (Å²) in [5.41, 5.74) is 5.56. The van der Waals surface area contributed by atoms with E-state index < -0.39 is 145 Å². The molecule has 25 nitrogen and oxygen atoms in total. The summed E-state index contributed by atoms with van der Waals surface area (Å²) in [6, 6.07) is -9.25. The molecule has 0 aromatic rings. The lowest BCUT2D eigenvalue weighted by atomic mass is 10.1. The summed E-state index contributed by atoms with van der Waals surface area (Å²) in [6.07, 6.45) is -3.59. The number of carbonyl (C=O) groups excluding carboxylic acids is 5. The number of carbonyl (C=O) groups is 8. The average molecular weight is 753 g/mol. The molecule has 5 amide bonds. The topological polar surface area (TPSA) is 417 Å². The van der Waals surface area contributed by atoms with Gasteiger partial charge >= 0.3 is 33.6 Å². The molecule has 0 heterocycles. The van der Waals surface area contributed by atoms with Gasteiger partial charge in [0.2, 0.25) is 29.5 Å². The van der Waals surface area contributed by atoms with Crippen LogP contribution in [0.3, 0.4) is 0 Å². The standard InChI is InChI=1S/C22H38N6O19P2/c1-24-19(36)11(3-6-16(31)32)25-20(37)12(4-7-17(33)34)26-21(38)14(9-47-49(43,44)45)28-22(39)13(8-46-48(40,41)42)27-18(35)10(23)2-5-15(29)30/h10-14H,2-9,23H2,1H3,(H,24,36)(H,25,37)(H,26,38)(H,27,35)(H,28,39)(H,29,30)(H,31,32)(H,33,34)(H2,40,41,42)(H2,43,44,45)/t10-,11-,12-,13-,14-/m0/s1. The molecule has 0 unspecified atom stereocenters. The highest BCUT2D eigenvalue weighted by Crippen LogP contribution is 2.36. The molecule has 0 saturated carbocycles. The molecular weight excluding hydrogens is 714 g/mol. The number of phosphoric acid groups is 2. The Kier molecular flexibility index (Phi) is 19.4.